The van der Waals surface area contributed by atoms with E-state index in [1.165, 1.54) is 35.6 Å². The Morgan fingerprint density at radius 2 is 2.03 bits per heavy atom. The van der Waals surface area contributed by atoms with Crippen LogP contribution in [0.2, 0.25) is 0 Å². The summed E-state index contributed by atoms with van der Waals surface area (Å²) in [5.74, 6) is 4.10. The molecule has 32 heavy (non-hydrogen) atoms. The zero-order valence-electron chi connectivity index (χ0n) is 17.1. The van der Waals surface area contributed by atoms with Crippen LogP contribution in [-0.2, 0) is 11.3 Å². The Balaban J connectivity index is 1.60. The second-order valence-corrected chi connectivity index (χ2v) is 9.50. The lowest BCUT2D eigenvalue weighted by atomic mass is 9.99. The summed E-state index contributed by atoms with van der Waals surface area (Å²) in [6.07, 6.45) is 3.31. The Hall–Kier alpha value is -3.12. The van der Waals surface area contributed by atoms with Crippen molar-refractivity contribution in [2.75, 3.05) is 13.1 Å². The van der Waals surface area contributed by atoms with Crippen molar-refractivity contribution in [3.8, 4) is 23.0 Å². The molecule has 1 amide bonds. The predicted molar refractivity (Wildman–Crippen MR) is 115 cm³/mol. The van der Waals surface area contributed by atoms with Gasteiger partial charge in [-0.3, -0.25) is 14.2 Å². The number of amides is 1. The fourth-order valence-electron chi connectivity index (χ4n) is 3.72. The molecule has 2 aliphatic rings. The van der Waals surface area contributed by atoms with Crippen molar-refractivity contribution in [2.45, 2.75) is 32.0 Å². The topological polar surface area (TPSA) is 55.2 Å². The molecule has 0 radical (unpaired) electrons. The molecular weight excluding hydrogens is 439 g/mol. The monoisotopic (exact) mass is 457 g/mol. The molecule has 2 fully saturated rings. The number of carbonyl (C=O) groups excluding carboxylic acids is 1. The first-order valence-corrected chi connectivity index (χ1v) is 11.0. The molecule has 1 aliphatic carbocycles. The highest BCUT2D eigenvalue weighted by Crippen LogP contribution is 2.37. The average Bonchev–Trinajstić information content (AvgIpc) is 3.48. The van der Waals surface area contributed by atoms with Crippen molar-refractivity contribution in [3.63, 3.8) is 0 Å². The molecule has 1 saturated heterocycles. The van der Waals surface area contributed by atoms with Gasteiger partial charge in [0.15, 0.2) is 11.6 Å². The Morgan fingerprint density at radius 1 is 1.28 bits per heavy atom. The van der Waals surface area contributed by atoms with Crippen LogP contribution in [0.5, 0.6) is 0 Å². The number of carbonyl (C=O) groups is 1. The number of alkyl halides is 1. The van der Waals surface area contributed by atoms with Crippen molar-refractivity contribution < 1.29 is 18.0 Å². The molecular formula is C23H18F3N3O2S. The molecule has 3 aromatic rings. The van der Waals surface area contributed by atoms with Gasteiger partial charge in [-0.2, -0.15) is 0 Å². The van der Waals surface area contributed by atoms with Gasteiger partial charge in [-0.05, 0) is 37.5 Å². The van der Waals surface area contributed by atoms with Gasteiger partial charge in [0.05, 0.1) is 29.7 Å². The van der Waals surface area contributed by atoms with Gasteiger partial charge >= 0.3 is 0 Å². The number of nitrogens with zero attached hydrogens (tertiary/aromatic N) is 3. The smallest absolute Gasteiger partial charge is 0.263 e. The van der Waals surface area contributed by atoms with Gasteiger partial charge < -0.3 is 4.90 Å². The maximum absolute atomic E-state index is 14.0. The van der Waals surface area contributed by atoms with Gasteiger partial charge in [0.2, 0.25) is 5.91 Å². The molecule has 2 aromatic heterocycles. The summed E-state index contributed by atoms with van der Waals surface area (Å²) in [6.45, 7) is 1.10. The van der Waals surface area contributed by atoms with Crippen LogP contribution in [0.25, 0.3) is 21.3 Å². The van der Waals surface area contributed by atoms with Crippen molar-refractivity contribution in [1.29, 1.82) is 0 Å². The van der Waals surface area contributed by atoms with E-state index in [4.69, 9.17) is 0 Å². The van der Waals surface area contributed by atoms with Gasteiger partial charge in [-0.25, -0.2) is 18.2 Å². The maximum atomic E-state index is 14.0. The maximum Gasteiger partial charge on any atom is 0.263 e. The third kappa shape index (κ3) is 3.79. The molecule has 5 rings (SSSR count). The lowest BCUT2D eigenvalue weighted by molar-refractivity contribution is -0.144. The molecule has 1 aliphatic heterocycles. The second kappa shape index (κ2) is 7.48. The largest absolute Gasteiger partial charge is 0.335 e. The number of rotatable bonds is 3. The number of halogens is 3. The normalized spacial score (nSPS) is 17.1. The first-order valence-electron chi connectivity index (χ1n) is 10.2. The summed E-state index contributed by atoms with van der Waals surface area (Å²) in [5, 5.41) is 0.204. The van der Waals surface area contributed by atoms with E-state index in [2.05, 4.69) is 16.8 Å². The van der Waals surface area contributed by atoms with Crippen LogP contribution in [0.15, 0.2) is 29.3 Å². The van der Waals surface area contributed by atoms with Crippen LogP contribution in [-0.4, -0.2) is 39.1 Å². The first-order chi connectivity index (χ1) is 15.2. The van der Waals surface area contributed by atoms with Crippen LogP contribution in [0, 0.1) is 29.4 Å². The van der Waals surface area contributed by atoms with E-state index in [0.717, 1.165) is 29.5 Å². The zero-order valence-corrected chi connectivity index (χ0v) is 17.9. The Morgan fingerprint density at radius 3 is 2.69 bits per heavy atom. The number of thiophene rings is 1. The first kappa shape index (κ1) is 20.8. The molecule has 0 unspecified atom stereocenters. The van der Waals surface area contributed by atoms with E-state index in [9.17, 15) is 22.8 Å². The van der Waals surface area contributed by atoms with E-state index in [1.807, 2.05) is 0 Å². The minimum atomic E-state index is -1.41. The molecule has 3 heterocycles. The third-order valence-electron chi connectivity index (χ3n) is 5.55. The molecule has 0 spiro atoms. The quantitative estimate of drug-likeness (QED) is 0.564. The van der Waals surface area contributed by atoms with Gasteiger partial charge in [0.25, 0.3) is 5.56 Å². The Kier molecular flexibility index (Phi) is 4.86. The molecule has 164 valence electrons. The van der Waals surface area contributed by atoms with Crippen LogP contribution in [0.3, 0.4) is 0 Å². The van der Waals surface area contributed by atoms with Gasteiger partial charge in [-0.15, -0.1) is 11.3 Å². The Bertz CT molecular complexity index is 1370. The summed E-state index contributed by atoms with van der Waals surface area (Å²) in [4.78, 5) is 32.4. The minimum absolute atomic E-state index is 0.0181. The molecule has 9 heteroatoms. The number of benzene rings is 1. The van der Waals surface area contributed by atoms with Crippen molar-refractivity contribution >= 4 is 27.5 Å². The molecule has 5 nitrogen and oxygen atoms in total. The van der Waals surface area contributed by atoms with E-state index in [1.54, 1.807) is 0 Å². The zero-order chi connectivity index (χ0) is 22.6. The van der Waals surface area contributed by atoms with Crippen molar-refractivity contribution in [1.82, 2.24) is 14.5 Å². The van der Waals surface area contributed by atoms with Gasteiger partial charge in [0.1, 0.15) is 17.0 Å². The van der Waals surface area contributed by atoms with Crippen LogP contribution in [0.1, 0.15) is 24.6 Å². The number of likely N-dealkylation sites (tertiary alicyclic amines) is 1. The summed E-state index contributed by atoms with van der Waals surface area (Å²) in [5.41, 5.74) is -1.20. The Labute approximate surface area is 185 Å². The van der Waals surface area contributed by atoms with Gasteiger partial charge in [-0.1, -0.05) is 17.9 Å². The summed E-state index contributed by atoms with van der Waals surface area (Å²) < 4.78 is 42.4. The van der Waals surface area contributed by atoms with Crippen molar-refractivity contribution in [2.24, 2.45) is 5.92 Å². The van der Waals surface area contributed by atoms with Crippen LogP contribution < -0.4 is 5.56 Å². The van der Waals surface area contributed by atoms with E-state index >= 15 is 0 Å². The molecule has 0 bridgehead atoms. The lowest BCUT2D eigenvalue weighted by Crippen LogP contribution is -2.60. The highest BCUT2D eigenvalue weighted by molar-refractivity contribution is 7.19. The summed E-state index contributed by atoms with van der Waals surface area (Å²) in [7, 11) is 0. The van der Waals surface area contributed by atoms with Crippen molar-refractivity contribution in [3.05, 3.63) is 51.4 Å². The third-order valence-corrected chi connectivity index (χ3v) is 6.57. The molecule has 1 saturated carbocycles. The molecule has 1 aromatic carbocycles. The second-order valence-electron chi connectivity index (χ2n) is 8.50. The van der Waals surface area contributed by atoms with E-state index in [0.29, 0.717) is 26.8 Å². The number of hydrogen-bond acceptors (Lipinski definition) is 4. The fraction of sp³-hybridized carbons (Fsp3) is 0.348. The number of hydrogen-bond donors (Lipinski definition) is 0. The SMILES string of the molecule is CC1(F)CN(C(=O)Cn2cnc3sc(C#CC4CC4)c(-c4ccc(F)c(F)c4)c3c2=O)C1. The fourth-order valence-corrected chi connectivity index (χ4v) is 4.74. The lowest BCUT2D eigenvalue weighted by Gasteiger charge is -2.42. The van der Waals surface area contributed by atoms with Crippen LogP contribution >= 0.6 is 11.3 Å². The standard InChI is InChI=1S/C23H18F3N3O2S/c1-23(26)10-29(11-23)18(30)9-28-12-27-21-20(22(28)31)19(14-5-6-15(24)16(25)8-14)17(32-21)7-4-13-2-3-13/h5-6,8,12-13H,2-3,9-11H2,1H3. The molecule has 0 N–H and O–H groups in total. The predicted octanol–water partition coefficient (Wildman–Crippen LogP) is 3.74. The van der Waals surface area contributed by atoms with Gasteiger partial charge in [0, 0.05) is 11.5 Å². The summed E-state index contributed by atoms with van der Waals surface area (Å²) >= 11 is 1.20. The number of fused-ring (bicyclic) bond motifs is 1. The van der Waals surface area contributed by atoms with E-state index < -0.39 is 22.9 Å². The highest BCUT2D eigenvalue weighted by Gasteiger charge is 2.41. The summed E-state index contributed by atoms with van der Waals surface area (Å²) in [6, 6.07) is 3.43. The van der Waals surface area contributed by atoms with E-state index in [-0.39, 0.29) is 30.9 Å². The highest BCUT2D eigenvalue weighted by atomic mass is 32.1. The van der Waals surface area contributed by atoms with Crippen LogP contribution in [0.4, 0.5) is 13.2 Å². The average molecular weight is 457 g/mol. The molecule has 0 atom stereocenters. The minimum Gasteiger partial charge on any atom is -0.335 e. The number of aromatic nitrogens is 2.